The van der Waals surface area contributed by atoms with Crippen molar-refractivity contribution in [3.05, 3.63) is 0 Å². The van der Waals surface area contributed by atoms with Crippen LogP contribution in [0.3, 0.4) is 0 Å². The Morgan fingerprint density at radius 2 is 1.92 bits per heavy atom. The van der Waals surface area contributed by atoms with Gasteiger partial charge in [-0.15, -0.1) is 23.2 Å². The lowest BCUT2D eigenvalue weighted by Crippen LogP contribution is -2.21. The van der Waals surface area contributed by atoms with Crippen LogP contribution in [-0.4, -0.2) is 4.33 Å². The molecule has 0 N–H and O–H groups in total. The van der Waals surface area contributed by atoms with Gasteiger partial charge in [0.15, 0.2) is 0 Å². The lowest BCUT2D eigenvalue weighted by Gasteiger charge is -2.28. The largest absolute Gasteiger partial charge is 0.127 e. The van der Waals surface area contributed by atoms with Crippen molar-refractivity contribution < 1.29 is 0 Å². The van der Waals surface area contributed by atoms with Crippen LogP contribution in [0.5, 0.6) is 0 Å². The summed E-state index contributed by atoms with van der Waals surface area (Å²) in [5.74, 6) is 2.00. The van der Waals surface area contributed by atoms with Crippen molar-refractivity contribution in [1.82, 2.24) is 0 Å². The first kappa shape index (κ1) is 10.1. The van der Waals surface area contributed by atoms with Crippen molar-refractivity contribution in [3.8, 4) is 0 Å². The van der Waals surface area contributed by atoms with E-state index in [1.165, 1.54) is 19.3 Å². The molecule has 3 atom stereocenters. The fourth-order valence-corrected chi connectivity index (χ4v) is 4.68. The molecule has 0 spiro atoms. The Morgan fingerprint density at radius 3 is 2.38 bits per heavy atom. The molecule has 0 aromatic rings. The van der Waals surface area contributed by atoms with Crippen LogP contribution in [0.25, 0.3) is 0 Å². The Kier molecular flexibility index (Phi) is 2.17. The van der Waals surface area contributed by atoms with E-state index < -0.39 is 4.33 Å². The van der Waals surface area contributed by atoms with Gasteiger partial charge in [0.2, 0.25) is 0 Å². The Labute approximate surface area is 91.0 Å². The Bertz CT molecular complexity index is 222. The number of rotatable bonds is 1. The first-order chi connectivity index (χ1) is 5.93. The minimum Gasteiger partial charge on any atom is -0.101 e. The van der Waals surface area contributed by atoms with Gasteiger partial charge in [0, 0.05) is 11.3 Å². The zero-order valence-corrected chi connectivity index (χ0v) is 10.1. The predicted molar refractivity (Wildman–Crippen MR) is 58.2 cm³/mol. The van der Waals surface area contributed by atoms with E-state index in [0.717, 1.165) is 5.92 Å². The van der Waals surface area contributed by atoms with E-state index in [1.54, 1.807) is 0 Å². The molecular weight excluding hydrogens is 203 g/mol. The quantitative estimate of drug-likeness (QED) is 0.580. The molecule has 2 aliphatic rings. The lowest BCUT2D eigenvalue weighted by molar-refractivity contribution is 0.214. The van der Waals surface area contributed by atoms with Crippen LogP contribution in [0.4, 0.5) is 0 Å². The summed E-state index contributed by atoms with van der Waals surface area (Å²) in [6.07, 6.45) is 3.75. The van der Waals surface area contributed by atoms with E-state index in [9.17, 15) is 0 Å². The number of hydrogen-bond donors (Lipinski definition) is 0. The summed E-state index contributed by atoms with van der Waals surface area (Å²) in [5.41, 5.74) is 0.253. The average molecular weight is 221 g/mol. The molecule has 0 amide bonds. The summed E-state index contributed by atoms with van der Waals surface area (Å²) < 4.78 is -0.411. The van der Waals surface area contributed by atoms with Crippen LogP contribution in [0, 0.1) is 23.2 Å². The molecule has 0 unspecified atom stereocenters. The summed E-state index contributed by atoms with van der Waals surface area (Å²) in [6, 6.07) is 0. The van der Waals surface area contributed by atoms with E-state index in [0.29, 0.717) is 11.8 Å². The molecule has 76 valence electrons. The van der Waals surface area contributed by atoms with Gasteiger partial charge in [0.25, 0.3) is 0 Å². The summed E-state index contributed by atoms with van der Waals surface area (Å²) in [5, 5.41) is 0. The van der Waals surface area contributed by atoms with Crippen molar-refractivity contribution in [1.29, 1.82) is 0 Å². The molecule has 2 fully saturated rings. The zero-order chi connectivity index (χ0) is 9.85. The van der Waals surface area contributed by atoms with Gasteiger partial charge in [0.1, 0.15) is 4.33 Å². The van der Waals surface area contributed by atoms with Crippen LogP contribution >= 0.6 is 23.2 Å². The third-order valence-corrected chi connectivity index (χ3v) is 5.55. The average Bonchev–Trinajstić information content (AvgIpc) is 2.50. The minimum absolute atomic E-state index is 0.253. The predicted octanol–water partition coefficient (Wildman–Crippen LogP) is 4.25. The second kappa shape index (κ2) is 2.79. The van der Waals surface area contributed by atoms with E-state index in [1.807, 2.05) is 0 Å². The third-order valence-electron chi connectivity index (χ3n) is 4.32. The number of alkyl halides is 2. The molecule has 2 heteroatoms. The minimum atomic E-state index is -0.411. The highest BCUT2D eigenvalue weighted by molar-refractivity contribution is 6.52. The van der Waals surface area contributed by atoms with Crippen molar-refractivity contribution in [2.75, 3.05) is 0 Å². The molecule has 0 bridgehead atoms. The number of halogens is 2. The lowest BCUT2D eigenvalue weighted by atomic mass is 9.77. The molecule has 0 nitrogen and oxygen atoms in total. The molecule has 0 aromatic heterocycles. The van der Waals surface area contributed by atoms with Gasteiger partial charge in [-0.3, -0.25) is 0 Å². The fourth-order valence-electron chi connectivity index (χ4n) is 3.34. The van der Waals surface area contributed by atoms with Crippen molar-refractivity contribution >= 4 is 23.2 Å². The van der Waals surface area contributed by atoms with Gasteiger partial charge >= 0.3 is 0 Å². The fraction of sp³-hybridized carbons (Fsp3) is 1.00. The van der Waals surface area contributed by atoms with Crippen LogP contribution < -0.4 is 0 Å². The number of fused-ring (bicyclic) bond motifs is 1. The second-order valence-corrected chi connectivity index (χ2v) is 6.64. The molecule has 2 aliphatic carbocycles. The molecule has 0 aliphatic heterocycles. The summed E-state index contributed by atoms with van der Waals surface area (Å²) >= 11 is 12.8. The molecule has 0 aromatic carbocycles. The normalized spacial score (nSPS) is 47.5. The Balaban J connectivity index is 2.22. The maximum Gasteiger partial charge on any atom is 0.127 e. The van der Waals surface area contributed by atoms with Crippen LogP contribution in [-0.2, 0) is 0 Å². The van der Waals surface area contributed by atoms with E-state index >= 15 is 0 Å². The van der Waals surface area contributed by atoms with E-state index in [4.69, 9.17) is 23.2 Å². The van der Waals surface area contributed by atoms with Crippen LogP contribution in [0.15, 0.2) is 0 Å². The highest BCUT2D eigenvalue weighted by Crippen LogP contribution is 2.78. The van der Waals surface area contributed by atoms with Gasteiger partial charge < -0.3 is 0 Å². The van der Waals surface area contributed by atoms with Gasteiger partial charge in [-0.2, -0.15) is 0 Å². The Hall–Kier alpha value is 0.580. The van der Waals surface area contributed by atoms with Gasteiger partial charge in [-0.05, 0) is 24.7 Å². The molecule has 2 rings (SSSR count). The molecule has 2 saturated carbocycles. The van der Waals surface area contributed by atoms with E-state index in [-0.39, 0.29) is 5.41 Å². The highest BCUT2D eigenvalue weighted by atomic mass is 35.5. The second-order valence-electron chi connectivity index (χ2n) is 5.25. The third kappa shape index (κ3) is 1.11. The first-order valence-corrected chi connectivity index (χ1v) is 6.06. The topological polar surface area (TPSA) is 0 Å². The zero-order valence-electron chi connectivity index (χ0n) is 8.61. The number of hydrogen-bond acceptors (Lipinski definition) is 0. The van der Waals surface area contributed by atoms with Crippen molar-refractivity contribution in [2.45, 2.75) is 44.4 Å². The summed E-state index contributed by atoms with van der Waals surface area (Å²) in [7, 11) is 0. The highest BCUT2D eigenvalue weighted by Gasteiger charge is 2.76. The molecule has 0 radical (unpaired) electrons. The van der Waals surface area contributed by atoms with Gasteiger partial charge in [-0.1, -0.05) is 27.2 Å². The van der Waals surface area contributed by atoms with E-state index in [2.05, 4.69) is 20.8 Å². The SMILES string of the molecule is CC(C)[C@]12CC[C@H](C)C[C@H]1C2(Cl)Cl. The molecule has 0 heterocycles. The molecular formula is C11H18Cl2. The summed E-state index contributed by atoms with van der Waals surface area (Å²) in [6.45, 7) is 6.83. The monoisotopic (exact) mass is 220 g/mol. The maximum atomic E-state index is 6.40. The van der Waals surface area contributed by atoms with Crippen LogP contribution in [0.2, 0.25) is 0 Å². The van der Waals surface area contributed by atoms with Gasteiger partial charge in [-0.25, -0.2) is 0 Å². The molecule has 13 heavy (non-hydrogen) atoms. The van der Waals surface area contributed by atoms with Crippen LogP contribution in [0.1, 0.15) is 40.0 Å². The van der Waals surface area contributed by atoms with Gasteiger partial charge in [0.05, 0.1) is 0 Å². The van der Waals surface area contributed by atoms with Crippen molar-refractivity contribution in [3.63, 3.8) is 0 Å². The smallest absolute Gasteiger partial charge is 0.101 e. The first-order valence-electron chi connectivity index (χ1n) is 5.30. The molecule has 0 saturated heterocycles. The summed E-state index contributed by atoms with van der Waals surface area (Å²) in [4.78, 5) is 0. The standard InChI is InChI=1S/C11H18Cl2/c1-7(2)10-5-4-8(3)6-9(10)11(10,12)13/h7-9H,4-6H2,1-3H3/t8-,9+,10+/m0/s1. The maximum absolute atomic E-state index is 6.40. The Morgan fingerprint density at radius 1 is 1.31 bits per heavy atom. The van der Waals surface area contributed by atoms with Crippen molar-refractivity contribution in [2.24, 2.45) is 23.2 Å².